The van der Waals surface area contributed by atoms with Crippen molar-refractivity contribution in [1.82, 2.24) is 0 Å². The number of nitrogens with zero attached hydrogens (tertiary/aromatic N) is 1. The van der Waals surface area contributed by atoms with Crippen molar-refractivity contribution in [3.63, 3.8) is 0 Å². The second-order valence-corrected chi connectivity index (χ2v) is 15.5. The minimum absolute atomic E-state index is 0.933. The molecule has 11 rings (SSSR count). The SMILES string of the molecule is c1ccc(-c2ccc(N(c3ccc(-c4ccccc4)cc3)c3cccc(-c4ccc(-c5cccc6c5sc5c6ccc6oc7ccccc7c65)cc4)c3)cc2)cc1. The van der Waals surface area contributed by atoms with Crippen LogP contribution in [0.25, 0.3) is 86.6 Å². The van der Waals surface area contributed by atoms with Gasteiger partial charge in [-0.1, -0.05) is 158 Å². The van der Waals surface area contributed by atoms with Gasteiger partial charge in [0, 0.05) is 48.0 Å². The van der Waals surface area contributed by atoms with Gasteiger partial charge in [-0.2, -0.15) is 0 Å². The summed E-state index contributed by atoms with van der Waals surface area (Å²) in [6.45, 7) is 0. The maximum absolute atomic E-state index is 6.25. The molecule has 268 valence electrons. The highest BCUT2D eigenvalue weighted by Crippen LogP contribution is 2.46. The molecule has 0 unspecified atom stereocenters. The Hall–Kier alpha value is -7.20. The predicted molar refractivity (Wildman–Crippen MR) is 243 cm³/mol. The normalized spacial score (nSPS) is 11.5. The maximum atomic E-state index is 6.25. The monoisotopic (exact) mass is 745 g/mol. The van der Waals surface area contributed by atoms with Crippen LogP contribution in [0.2, 0.25) is 0 Å². The topological polar surface area (TPSA) is 16.4 Å². The van der Waals surface area contributed by atoms with Crippen LogP contribution >= 0.6 is 11.3 Å². The Morgan fingerprint density at radius 2 is 0.825 bits per heavy atom. The number of benzene rings is 9. The average molecular weight is 746 g/mol. The third kappa shape index (κ3) is 5.88. The molecule has 11 aromatic rings. The van der Waals surface area contributed by atoms with Crippen LogP contribution in [-0.4, -0.2) is 0 Å². The number of para-hydroxylation sites is 1. The number of furan rings is 1. The van der Waals surface area contributed by atoms with Crippen molar-refractivity contribution in [2.75, 3.05) is 4.90 Å². The summed E-state index contributed by atoms with van der Waals surface area (Å²) < 4.78 is 8.82. The molecular formula is C54H35NOS. The van der Waals surface area contributed by atoms with Gasteiger partial charge in [0.1, 0.15) is 11.2 Å². The number of anilines is 3. The van der Waals surface area contributed by atoms with E-state index in [1.54, 1.807) is 0 Å². The third-order valence-corrected chi connectivity index (χ3v) is 12.4. The number of thiophene rings is 1. The van der Waals surface area contributed by atoms with Crippen molar-refractivity contribution < 1.29 is 4.42 Å². The highest BCUT2D eigenvalue weighted by molar-refractivity contribution is 7.27. The quantitative estimate of drug-likeness (QED) is 0.162. The van der Waals surface area contributed by atoms with Crippen LogP contribution in [0.5, 0.6) is 0 Å². The van der Waals surface area contributed by atoms with Crippen LogP contribution in [-0.2, 0) is 0 Å². The summed E-state index contributed by atoms with van der Waals surface area (Å²) >= 11 is 1.87. The molecule has 3 heteroatoms. The molecule has 0 N–H and O–H groups in total. The van der Waals surface area contributed by atoms with Gasteiger partial charge in [0.05, 0.1) is 0 Å². The van der Waals surface area contributed by atoms with Gasteiger partial charge in [-0.25, -0.2) is 0 Å². The summed E-state index contributed by atoms with van der Waals surface area (Å²) in [4.78, 5) is 2.35. The van der Waals surface area contributed by atoms with Crippen molar-refractivity contribution in [3.8, 4) is 44.5 Å². The van der Waals surface area contributed by atoms with E-state index >= 15 is 0 Å². The van der Waals surface area contributed by atoms with Crippen LogP contribution < -0.4 is 4.90 Å². The summed E-state index contributed by atoms with van der Waals surface area (Å²) in [7, 11) is 0. The third-order valence-electron chi connectivity index (χ3n) is 11.1. The fourth-order valence-corrected chi connectivity index (χ4v) is 9.66. The zero-order chi connectivity index (χ0) is 37.7. The van der Waals surface area contributed by atoms with E-state index in [0.29, 0.717) is 0 Å². The molecule has 0 aliphatic heterocycles. The van der Waals surface area contributed by atoms with E-state index in [9.17, 15) is 0 Å². The van der Waals surface area contributed by atoms with Gasteiger partial charge < -0.3 is 9.32 Å². The zero-order valence-corrected chi connectivity index (χ0v) is 31.8. The van der Waals surface area contributed by atoms with Gasteiger partial charge >= 0.3 is 0 Å². The molecule has 0 amide bonds. The van der Waals surface area contributed by atoms with Crippen molar-refractivity contribution in [3.05, 3.63) is 212 Å². The second kappa shape index (κ2) is 13.8. The van der Waals surface area contributed by atoms with Crippen LogP contribution in [0.3, 0.4) is 0 Å². The van der Waals surface area contributed by atoms with Crippen molar-refractivity contribution in [2.45, 2.75) is 0 Å². The summed E-state index contributed by atoms with van der Waals surface area (Å²) in [5, 5.41) is 4.94. The van der Waals surface area contributed by atoms with Crippen LogP contribution in [0.15, 0.2) is 217 Å². The summed E-state index contributed by atoms with van der Waals surface area (Å²) in [6, 6.07) is 76.2. The van der Waals surface area contributed by atoms with Gasteiger partial charge in [-0.05, 0) is 99.1 Å². The lowest BCUT2D eigenvalue weighted by Gasteiger charge is -2.26. The molecular weight excluding hydrogens is 711 g/mol. The van der Waals surface area contributed by atoms with Gasteiger partial charge in [0.15, 0.2) is 0 Å². The number of hydrogen-bond donors (Lipinski definition) is 0. The number of fused-ring (bicyclic) bond motifs is 7. The average Bonchev–Trinajstić information content (AvgIpc) is 3.87. The molecule has 0 aliphatic rings. The lowest BCUT2D eigenvalue weighted by molar-refractivity contribution is 0.669. The van der Waals surface area contributed by atoms with Gasteiger partial charge in [0.25, 0.3) is 0 Å². The summed E-state index contributed by atoms with van der Waals surface area (Å²) in [5.74, 6) is 0. The Morgan fingerprint density at radius 3 is 1.51 bits per heavy atom. The molecule has 0 fully saturated rings. The first-order chi connectivity index (χ1) is 28.2. The van der Waals surface area contributed by atoms with E-state index < -0.39 is 0 Å². The van der Waals surface area contributed by atoms with E-state index in [4.69, 9.17) is 4.42 Å². The molecule has 0 aliphatic carbocycles. The summed E-state index contributed by atoms with van der Waals surface area (Å²) in [6.07, 6.45) is 0. The highest BCUT2D eigenvalue weighted by Gasteiger charge is 2.18. The molecule has 0 saturated heterocycles. The van der Waals surface area contributed by atoms with E-state index in [-0.39, 0.29) is 0 Å². The molecule has 2 heterocycles. The second-order valence-electron chi connectivity index (χ2n) is 14.5. The minimum Gasteiger partial charge on any atom is -0.456 e. The number of hydrogen-bond acceptors (Lipinski definition) is 3. The lowest BCUT2D eigenvalue weighted by Crippen LogP contribution is -2.10. The van der Waals surface area contributed by atoms with Crippen LogP contribution in [0, 0.1) is 0 Å². The Balaban J connectivity index is 0.962. The van der Waals surface area contributed by atoms with E-state index in [2.05, 4.69) is 211 Å². The van der Waals surface area contributed by atoms with Crippen molar-refractivity contribution in [2.24, 2.45) is 0 Å². The molecule has 2 aromatic heterocycles. The van der Waals surface area contributed by atoms with Crippen LogP contribution in [0.4, 0.5) is 17.1 Å². The molecule has 0 atom stereocenters. The molecule has 2 nitrogen and oxygen atoms in total. The maximum Gasteiger partial charge on any atom is 0.136 e. The first-order valence-electron chi connectivity index (χ1n) is 19.3. The first-order valence-corrected chi connectivity index (χ1v) is 20.1. The van der Waals surface area contributed by atoms with E-state index in [1.807, 2.05) is 17.4 Å². The Labute approximate surface area is 335 Å². The van der Waals surface area contributed by atoms with Crippen molar-refractivity contribution in [1.29, 1.82) is 0 Å². The molecule has 9 aromatic carbocycles. The lowest BCUT2D eigenvalue weighted by atomic mass is 9.98. The fourth-order valence-electron chi connectivity index (χ4n) is 8.27. The molecule has 57 heavy (non-hydrogen) atoms. The smallest absolute Gasteiger partial charge is 0.136 e. The molecule has 0 radical (unpaired) electrons. The molecule has 0 bridgehead atoms. The van der Waals surface area contributed by atoms with Gasteiger partial charge in [-0.15, -0.1) is 11.3 Å². The van der Waals surface area contributed by atoms with Crippen molar-refractivity contribution >= 4 is 70.5 Å². The largest absolute Gasteiger partial charge is 0.456 e. The Morgan fingerprint density at radius 1 is 0.316 bits per heavy atom. The van der Waals surface area contributed by atoms with Gasteiger partial charge in [-0.3, -0.25) is 0 Å². The van der Waals surface area contributed by atoms with Crippen LogP contribution in [0.1, 0.15) is 0 Å². The fraction of sp³-hybridized carbons (Fsp3) is 0. The Kier molecular flexibility index (Phi) is 8.04. The molecule has 0 spiro atoms. The highest BCUT2D eigenvalue weighted by atomic mass is 32.1. The number of rotatable bonds is 7. The standard InChI is InChI=1S/C54H35NOS/c1-3-11-36(12-4-1)38-25-29-43(30-26-38)55(44-31-27-39(28-32-44)37-13-5-2-6-14-37)45-16-9-15-42(35-45)40-21-23-41(24-22-40)46-18-10-19-47-48-33-34-51-52(54(48)57-53(46)47)49-17-7-8-20-50(49)56-51/h1-35H. The predicted octanol–water partition coefficient (Wildman–Crippen LogP) is 16.1. The van der Waals surface area contributed by atoms with E-state index in [0.717, 1.165) is 28.2 Å². The zero-order valence-electron chi connectivity index (χ0n) is 31.0. The van der Waals surface area contributed by atoms with Gasteiger partial charge in [0.2, 0.25) is 0 Å². The Bertz CT molecular complexity index is 3110. The first kappa shape index (κ1) is 33.2. The molecule has 0 saturated carbocycles. The van der Waals surface area contributed by atoms with E-state index in [1.165, 1.54) is 75.5 Å². The summed E-state index contributed by atoms with van der Waals surface area (Å²) in [5.41, 5.74) is 14.8. The minimum atomic E-state index is 0.933.